The van der Waals surface area contributed by atoms with Crippen LogP contribution in [0.4, 0.5) is 0 Å². The van der Waals surface area contributed by atoms with Crippen LogP contribution in [0.5, 0.6) is 0 Å². The summed E-state index contributed by atoms with van der Waals surface area (Å²) in [4.78, 5) is 15.7. The highest BCUT2D eigenvalue weighted by Crippen LogP contribution is 2.47. The van der Waals surface area contributed by atoms with Crippen molar-refractivity contribution >= 4 is 87.4 Å². The molecule has 0 saturated carbocycles. The highest BCUT2D eigenvalue weighted by Gasteiger charge is 2.24. The van der Waals surface area contributed by atoms with E-state index in [4.69, 9.17) is 19.4 Å². The second kappa shape index (κ2) is 21.5. The second-order valence-corrected chi connectivity index (χ2v) is 24.3. The molecule has 0 unspecified atom stereocenters. The lowest BCUT2D eigenvalue weighted by Crippen LogP contribution is -2.00. The predicted octanol–water partition coefficient (Wildman–Crippen LogP) is 22.7. The Hall–Kier alpha value is -12.7. The maximum Gasteiger partial charge on any atom is 0.164 e. The number of aromatic nitrogens is 6. The number of nitrogens with zero attached hydrogens (tertiary/aromatic N) is 6. The maximum atomic E-state index is 7.31. The minimum absolute atomic E-state index is 0.561. The van der Waals surface area contributed by atoms with Crippen LogP contribution >= 0.6 is 0 Å². The number of benzene rings is 14. The van der Waals surface area contributed by atoms with Crippen molar-refractivity contribution in [1.82, 2.24) is 28.7 Å². The molecule has 0 N–H and O–H groups in total. The molecule has 7 heteroatoms. The Kier molecular flexibility index (Phi) is 12.1. The molecular formula is C87H54N6O. The molecule has 14 aromatic carbocycles. The van der Waals surface area contributed by atoms with Gasteiger partial charge in [-0.1, -0.05) is 218 Å². The lowest BCUT2D eigenvalue weighted by molar-refractivity contribution is 0.670. The summed E-state index contributed by atoms with van der Waals surface area (Å²) in [7, 11) is 0. The molecule has 5 heterocycles. The molecule has 7 nitrogen and oxygen atoms in total. The molecule has 94 heavy (non-hydrogen) atoms. The molecule has 19 aromatic rings. The van der Waals surface area contributed by atoms with Gasteiger partial charge in [0, 0.05) is 82.4 Å². The van der Waals surface area contributed by atoms with Crippen molar-refractivity contribution in [2.45, 2.75) is 0 Å². The van der Waals surface area contributed by atoms with Crippen molar-refractivity contribution in [3.63, 3.8) is 0 Å². The normalized spacial score (nSPS) is 11.8. The quantitative estimate of drug-likeness (QED) is 0.137. The SMILES string of the molecule is c1ccc(-c2ccc(-n3c4ccc(-c5ccc6c(c5)c5ccccc5n6-c5ccccc5)cc4c4ccc(-c5cc(-c6ccc7c(c6)c6ccccc6n7-c6ccccc6)cc6c5oc5cccc(-c7nc(-c8ccccc8)nc(-c8ccccc8)n7)c56)cc43)cc2)cc1. The van der Waals surface area contributed by atoms with E-state index in [9.17, 15) is 0 Å². The zero-order valence-corrected chi connectivity index (χ0v) is 50.8. The first-order valence-corrected chi connectivity index (χ1v) is 31.9. The van der Waals surface area contributed by atoms with Crippen LogP contribution in [0.2, 0.25) is 0 Å². The first-order valence-electron chi connectivity index (χ1n) is 31.9. The van der Waals surface area contributed by atoms with Crippen molar-refractivity contribution in [2.75, 3.05) is 0 Å². The molecule has 0 bridgehead atoms. The van der Waals surface area contributed by atoms with Crippen molar-refractivity contribution in [2.24, 2.45) is 0 Å². The molecule has 438 valence electrons. The third-order valence-electron chi connectivity index (χ3n) is 18.9. The molecule has 0 aliphatic heterocycles. The molecule has 0 aliphatic rings. The van der Waals surface area contributed by atoms with E-state index in [0.717, 1.165) is 127 Å². The van der Waals surface area contributed by atoms with Gasteiger partial charge in [0.15, 0.2) is 17.5 Å². The molecular weight excluding hydrogens is 1140 g/mol. The fraction of sp³-hybridized carbons (Fsp3) is 0. The van der Waals surface area contributed by atoms with Gasteiger partial charge in [0.1, 0.15) is 11.2 Å². The van der Waals surface area contributed by atoms with Crippen LogP contribution in [-0.4, -0.2) is 28.7 Å². The molecule has 19 rings (SSSR count). The Bertz CT molecular complexity index is 6130. The first-order chi connectivity index (χ1) is 46.6. The Morgan fingerprint density at radius 3 is 1.15 bits per heavy atom. The fourth-order valence-corrected chi connectivity index (χ4v) is 14.5. The van der Waals surface area contributed by atoms with E-state index in [1.54, 1.807) is 0 Å². The summed E-state index contributed by atoms with van der Waals surface area (Å²) in [6.07, 6.45) is 0. The molecule has 0 saturated heterocycles. The first kappa shape index (κ1) is 53.2. The average molecular weight is 1200 g/mol. The second-order valence-electron chi connectivity index (χ2n) is 24.3. The van der Waals surface area contributed by atoms with Crippen molar-refractivity contribution in [3.05, 3.63) is 328 Å². The van der Waals surface area contributed by atoms with E-state index >= 15 is 0 Å². The summed E-state index contributed by atoms with van der Waals surface area (Å²) >= 11 is 0. The average Bonchev–Trinajstić information content (AvgIpc) is 1.22. The van der Waals surface area contributed by atoms with E-state index in [2.05, 4.69) is 299 Å². The van der Waals surface area contributed by atoms with Crippen LogP contribution in [0.3, 0.4) is 0 Å². The summed E-state index contributed by atoms with van der Waals surface area (Å²) in [5.41, 5.74) is 23.1. The van der Waals surface area contributed by atoms with Gasteiger partial charge in [0.2, 0.25) is 0 Å². The lowest BCUT2D eigenvalue weighted by atomic mass is 9.93. The molecule has 0 radical (unpaired) electrons. The number of hydrogen-bond donors (Lipinski definition) is 0. The zero-order chi connectivity index (χ0) is 61.8. The standard InChI is InChI=1S/C87H54N6O/c1-6-21-55(22-7-1)56-37-43-66(44-38-56)93-80-47-41-60(59-40-46-78-72(49-59)67-31-16-18-34-76(67)91(78)64-27-12-4-13-28-64)50-74(80)69-45-39-62(54-81(69)93)71-52-63(61-42-48-79-73(51-61)68-32-17-19-35-77(68)92(79)65-29-14-5-15-30-65)53-75-83-70(33-20-36-82(83)94-84(71)75)87-89-85(57-23-8-2-9-24-57)88-86(90-87)58-25-10-3-11-26-58/h1-54H. The predicted molar refractivity (Wildman–Crippen MR) is 388 cm³/mol. The Balaban J connectivity index is 0.844. The maximum absolute atomic E-state index is 7.31. The van der Waals surface area contributed by atoms with Gasteiger partial charge >= 0.3 is 0 Å². The van der Waals surface area contributed by atoms with Crippen LogP contribution < -0.4 is 0 Å². The lowest BCUT2D eigenvalue weighted by Gasteiger charge is -2.12. The van der Waals surface area contributed by atoms with E-state index < -0.39 is 0 Å². The van der Waals surface area contributed by atoms with Gasteiger partial charge in [0.25, 0.3) is 0 Å². The molecule has 0 spiro atoms. The molecule has 5 aromatic heterocycles. The van der Waals surface area contributed by atoms with Gasteiger partial charge in [-0.3, -0.25) is 0 Å². The van der Waals surface area contributed by atoms with Gasteiger partial charge in [-0.25, -0.2) is 15.0 Å². The summed E-state index contributed by atoms with van der Waals surface area (Å²) in [6, 6.07) is 117. The number of para-hydroxylation sites is 4. The molecule has 0 aliphatic carbocycles. The third-order valence-corrected chi connectivity index (χ3v) is 18.9. The summed E-state index contributed by atoms with van der Waals surface area (Å²) in [6.45, 7) is 0. The summed E-state index contributed by atoms with van der Waals surface area (Å²) in [5.74, 6) is 1.75. The van der Waals surface area contributed by atoms with Crippen LogP contribution in [0, 0.1) is 0 Å². The van der Waals surface area contributed by atoms with E-state index in [1.165, 1.54) is 38.1 Å². The molecule has 0 atom stereocenters. The van der Waals surface area contributed by atoms with E-state index in [-0.39, 0.29) is 0 Å². The van der Waals surface area contributed by atoms with E-state index in [0.29, 0.717) is 17.5 Å². The number of furan rings is 1. The van der Waals surface area contributed by atoms with Crippen molar-refractivity contribution < 1.29 is 4.42 Å². The Morgan fingerprint density at radius 2 is 0.606 bits per heavy atom. The van der Waals surface area contributed by atoms with Gasteiger partial charge in [-0.15, -0.1) is 0 Å². The van der Waals surface area contributed by atoms with Crippen LogP contribution in [-0.2, 0) is 0 Å². The highest BCUT2D eigenvalue weighted by molar-refractivity contribution is 6.19. The smallest absolute Gasteiger partial charge is 0.164 e. The number of hydrogen-bond acceptors (Lipinski definition) is 4. The van der Waals surface area contributed by atoms with Crippen LogP contribution in [0.25, 0.3) is 183 Å². The Labute approximate surface area is 540 Å². The summed E-state index contributed by atoms with van der Waals surface area (Å²) < 4.78 is 14.5. The third kappa shape index (κ3) is 8.63. The minimum Gasteiger partial charge on any atom is -0.455 e. The van der Waals surface area contributed by atoms with Crippen molar-refractivity contribution in [3.8, 4) is 95.7 Å². The van der Waals surface area contributed by atoms with E-state index in [1.807, 2.05) is 42.5 Å². The number of fused-ring (bicyclic) bond motifs is 12. The van der Waals surface area contributed by atoms with Crippen LogP contribution in [0.15, 0.2) is 332 Å². The summed E-state index contributed by atoms with van der Waals surface area (Å²) in [5, 5.41) is 8.99. The highest BCUT2D eigenvalue weighted by atomic mass is 16.3. The van der Waals surface area contributed by atoms with Gasteiger partial charge in [0.05, 0.1) is 33.1 Å². The fourth-order valence-electron chi connectivity index (χ4n) is 14.5. The van der Waals surface area contributed by atoms with Crippen LogP contribution in [0.1, 0.15) is 0 Å². The molecule has 0 amide bonds. The van der Waals surface area contributed by atoms with Crippen molar-refractivity contribution in [1.29, 1.82) is 0 Å². The van der Waals surface area contributed by atoms with Gasteiger partial charge in [-0.2, -0.15) is 0 Å². The Morgan fingerprint density at radius 1 is 0.213 bits per heavy atom. The zero-order valence-electron chi connectivity index (χ0n) is 50.8. The monoisotopic (exact) mass is 1200 g/mol. The molecule has 0 fully saturated rings. The largest absolute Gasteiger partial charge is 0.455 e. The van der Waals surface area contributed by atoms with Gasteiger partial charge < -0.3 is 18.1 Å². The van der Waals surface area contributed by atoms with Gasteiger partial charge in [-0.05, 0) is 148 Å². The topological polar surface area (TPSA) is 66.6 Å². The number of rotatable bonds is 10. The minimum atomic E-state index is 0.561.